The molecule has 4 aliphatic carbocycles. The van der Waals surface area contributed by atoms with E-state index in [-0.39, 0.29) is 12.0 Å². The first kappa shape index (κ1) is 37.8. The summed E-state index contributed by atoms with van der Waals surface area (Å²) in [5.74, 6) is 3.86. The molecule has 0 spiro atoms. The molecule has 1 aromatic heterocycles. The van der Waals surface area contributed by atoms with Crippen LogP contribution in [0.15, 0.2) is 5.11 Å². The van der Waals surface area contributed by atoms with E-state index < -0.39 is 0 Å². The summed E-state index contributed by atoms with van der Waals surface area (Å²) in [5, 5.41) is 14.1. The number of ether oxygens (including phenoxy) is 6. The van der Waals surface area contributed by atoms with E-state index in [9.17, 15) is 0 Å². The number of rotatable bonds is 22. The van der Waals surface area contributed by atoms with Crippen LogP contribution in [0.1, 0.15) is 38.5 Å². The van der Waals surface area contributed by atoms with Crippen molar-refractivity contribution in [1.29, 1.82) is 0 Å². The fraction of sp³-hybridized carbons (Fsp3) is 0.871. The quantitative estimate of drug-likeness (QED) is 0.0595. The highest BCUT2D eigenvalue weighted by molar-refractivity contribution is 5.41. The molecule has 4 saturated carbocycles. The average molecular weight is 680 g/mol. The highest BCUT2D eigenvalue weighted by atomic mass is 16.6. The molecule has 5 aliphatic rings. The van der Waals surface area contributed by atoms with Crippen LogP contribution in [0.4, 0.5) is 11.9 Å². The van der Waals surface area contributed by atoms with E-state index in [2.05, 4.69) is 32.2 Å². The van der Waals surface area contributed by atoms with E-state index in [1.54, 1.807) is 0 Å². The number of piperazine rings is 1. The van der Waals surface area contributed by atoms with E-state index in [1.807, 2.05) is 0 Å². The van der Waals surface area contributed by atoms with Gasteiger partial charge in [-0.3, -0.25) is 4.79 Å². The van der Waals surface area contributed by atoms with Gasteiger partial charge in [-0.25, -0.2) is 0 Å². The van der Waals surface area contributed by atoms with Crippen LogP contribution in [0.2, 0.25) is 0 Å². The van der Waals surface area contributed by atoms with Crippen molar-refractivity contribution in [3.8, 4) is 6.01 Å². The third-order valence-electron chi connectivity index (χ3n) is 9.15. The van der Waals surface area contributed by atoms with E-state index in [1.165, 1.54) is 38.5 Å². The van der Waals surface area contributed by atoms with Crippen molar-refractivity contribution in [3.05, 3.63) is 10.4 Å². The van der Waals surface area contributed by atoms with Gasteiger partial charge in [0.25, 0.3) is 6.47 Å². The molecule has 1 aliphatic heterocycles. The molecule has 17 heteroatoms. The van der Waals surface area contributed by atoms with Gasteiger partial charge in [-0.05, 0) is 68.9 Å². The highest BCUT2D eigenvalue weighted by Crippen LogP contribution is 2.56. The number of azide groups is 1. The maximum absolute atomic E-state index is 8.36. The van der Waals surface area contributed by atoms with Crippen LogP contribution in [0.25, 0.3) is 10.4 Å². The van der Waals surface area contributed by atoms with E-state index in [4.69, 9.17) is 58.8 Å². The SMILES string of the molecule is CN1CCN(c2nc(NC34CC5CC(CC(C5)C3)C4)nc(OCCOCCOCCOCCOCCOCCN=[N+]=[N-])n2)CC1.O=CO. The molecule has 5 fully saturated rings. The molecule has 0 radical (unpaired) electrons. The predicted molar refractivity (Wildman–Crippen MR) is 176 cm³/mol. The third-order valence-corrected chi connectivity index (χ3v) is 9.15. The molecule has 6 rings (SSSR count). The van der Waals surface area contributed by atoms with Crippen LogP contribution < -0.4 is 15.0 Å². The van der Waals surface area contributed by atoms with Gasteiger partial charge in [-0.2, -0.15) is 15.0 Å². The highest BCUT2D eigenvalue weighted by Gasteiger charge is 2.51. The maximum atomic E-state index is 8.36. The van der Waals surface area contributed by atoms with Crippen molar-refractivity contribution in [1.82, 2.24) is 19.9 Å². The molecule has 1 aromatic rings. The molecule has 17 nitrogen and oxygen atoms in total. The number of anilines is 2. The topological polar surface area (TPSA) is 199 Å². The van der Waals surface area contributed by atoms with Crippen LogP contribution in [0.3, 0.4) is 0 Å². The Bertz CT molecular complexity index is 1090. The van der Waals surface area contributed by atoms with Crippen molar-refractivity contribution in [3.63, 3.8) is 0 Å². The lowest BCUT2D eigenvalue weighted by Gasteiger charge is -2.56. The fourth-order valence-electron chi connectivity index (χ4n) is 7.44. The lowest BCUT2D eigenvalue weighted by Crippen LogP contribution is -2.55. The molecule has 0 unspecified atom stereocenters. The van der Waals surface area contributed by atoms with E-state index in [0.29, 0.717) is 97.1 Å². The smallest absolute Gasteiger partial charge is 0.323 e. The van der Waals surface area contributed by atoms with Gasteiger partial charge in [0.15, 0.2) is 0 Å². The summed E-state index contributed by atoms with van der Waals surface area (Å²) >= 11 is 0. The zero-order chi connectivity index (χ0) is 33.9. The van der Waals surface area contributed by atoms with Gasteiger partial charge in [0, 0.05) is 43.2 Å². The molecular formula is C31H53N9O8. The molecule has 2 N–H and O–H groups in total. The molecule has 270 valence electrons. The number of hydrogen-bond donors (Lipinski definition) is 2. The Labute approximate surface area is 282 Å². The number of carbonyl (C=O) groups is 1. The number of hydrogen-bond acceptors (Lipinski definition) is 14. The zero-order valence-corrected chi connectivity index (χ0v) is 28.2. The Balaban J connectivity index is 0.00000167. The summed E-state index contributed by atoms with van der Waals surface area (Å²) in [7, 11) is 2.15. The third kappa shape index (κ3) is 13.1. The second-order valence-corrected chi connectivity index (χ2v) is 12.8. The lowest BCUT2D eigenvalue weighted by atomic mass is 9.53. The van der Waals surface area contributed by atoms with E-state index in [0.717, 1.165) is 43.9 Å². The number of nitrogens with one attached hydrogen (secondary N) is 1. The van der Waals surface area contributed by atoms with Crippen molar-refractivity contribution in [2.45, 2.75) is 44.1 Å². The van der Waals surface area contributed by atoms with E-state index >= 15 is 0 Å². The van der Waals surface area contributed by atoms with Gasteiger partial charge in [0.2, 0.25) is 11.9 Å². The maximum Gasteiger partial charge on any atom is 0.323 e. The number of likely N-dealkylation sites (N-methyl/N-ethyl adjacent to an activating group) is 1. The van der Waals surface area contributed by atoms with Gasteiger partial charge in [0.1, 0.15) is 6.61 Å². The molecular weight excluding hydrogens is 626 g/mol. The first-order valence-corrected chi connectivity index (χ1v) is 17.1. The van der Waals surface area contributed by atoms with Gasteiger partial charge < -0.3 is 48.6 Å². The molecule has 2 heterocycles. The summed E-state index contributed by atoms with van der Waals surface area (Å²) in [5.41, 5.74) is 8.30. The van der Waals surface area contributed by atoms with Crippen LogP contribution >= 0.6 is 0 Å². The Hall–Kier alpha value is -3.05. The summed E-state index contributed by atoms with van der Waals surface area (Å²) in [6.45, 7) is 8.81. The summed E-state index contributed by atoms with van der Waals surface area (Å²) in [4.78, 5) is 29.9. The second kappa shape index (κ2) is 21.1. The molecule has 1 saturated heterocycles. The number of carboxylic acid groups (broad SMARTS) is 1. The zero-order valence-electron chi connectivity index (χ0n) is 28.2. The minimum atomic E-state index is -0.250. The average Bonchev–Trinajstić information content (AvgIpc) is 3.05. The first-order valence-electron chi connectivity index (χ1n) is 17.1. The Morgan fingerprint density at radius 2 is 1.29 bits per heavy atom. The van der Waals surface area contributed by atoms with Crippen molar-refractivity contribution >= 4 is 18.4 Å². The molecule has 48 heavy (non-hydrogen) atoms. The predicted octanol–water partition coefficient (Wildman–Crippen LogP) is 2.48. The van der Waals surface area contributed by atoms with Crippen LogP contribution in [-0.4, -0.2) is 149 Å². The van der Waals surface area contributed by atoms with Gasteiger partial charge in [-0.1, -0.05) is 5.11 Å². The molecule has 0 atom stereocenters. The monoisotopic (exact) mass is 679 g/mol. The van der Waals surface area contributed by atoms with Gasteiger partial charge in [0.05, 0.1) is 66.1 Å². The Kier molecular flexibility index (Phi) is 16.6. The minimum absolute atomic E-state index is 0.111. The number of nitrogens with zero attached hydrogens (tertiary/aromatic N) is 8. The summed E-state index contributed by atoms with van der Waals surface area (Å²) in [6, 6.07) is 0.352. The Morgan fingerprint density at radius 3 is 1.79 bits per heavy atom. The second-order valence-electron chi connectivity index (χ2n) is 12.8. The van der Waals surface area contributed by atoms with Crippen LogP contribution in [0.5, 0.6) is 6.01 Å². The van der Waals surface area contributed by atoms with Crippen LogP contribution in [-0.2, 0) is 28.5 Å². The van der Waals surface area contributed by atoms with Crippen molar-refractivity contribution in [2.75, 3.05) is 123 Å². The van der Waals surface area contributed by atoms with Crippen molar-refractivity contribution in [2.24, 2.45) is 22.9 Å². The molecule has 0 amide bonds. The number of aromatic nitrogens is 3. The molecule has 4 bridgehead atoms. The first-order chi connectivity index (χ1) is 23.5. The fourth-order valence-corrected chi connectivity index (χ4v) is 7.44. The summed E-state index contributed by atoms with van der Waals surface area (Å²) < 4.78 is 33.4. The van der Waals surface area contributed by atoms with Gasteiger partial charge >= 0.3 is 6.01 Å². The normalized spacial score (nSPS) is 24.4. The largest absolute Gasteiger partial charge is 0.483 e. The van der Waals surface area contributed by atoms with Gasteiger partial charge in [-0.15, -0.1) is 0 Å². The minimum Gasteiger partial charge on any atom is -0.483 e. The molecule has 0 aromatic carbocycles. The van der Waals surface area contributed by atoms with Crippen molar-refractivity contribution < 1.29 is 38.3 Å². The lowest BCUT2D eigenvalue weighted by molar-refractivity contribution is -0.122. The van der Waals surface area contributed by atoms with Crippen LogP contribution in [0, 0.1) is 17.8 Å². The Morgan fingerprint density at radius 1 is 0.812 bits per heavy atom. The standard InChI is InChI=1S/C30H51N9O6.CH2O2/c1-38-3-5-39(6-4-38)28-33-27(36-30-21-24-18-25(22-30)20-26(19-24)23-30)34-29(35-28)45-17-16-44-15-14-43-13-12-42-11-10-41-9-8-40-7-2-32-37-31;2-1-3/h24-26H,2-23H2,1H3,(H,33,34,35,36);1H,(H,2,3). The summed E-state index contributed by atoms with van der Waals surface area (Å²) in [6.07, 6.45) is 7.86.